The fourth-order valence-electron chi connectivity index (χ4n) is 0. The summed E-state index contributed by atoms with van der Waals surface area (Å²) in [6.07, 6.45) is 3.75. The van der Waals surface area contributed by atoms with Gasteiger partial charge in [-0.3, -0.25) is 0 Å². The molecule has 0 aromatic heterocycles. The van der Waals surface area contributed by atoms with Crippen molar-refractivity contribution in [2.24, 2.45) is 0 Å². The standard InChI is InChI=1S/5CHNO.6CH4.H/c5*2-1-3;;;;;;;/h5*2H;6*1H4;/i;;;;;;;;;;;1+1. The Morgan fingerprint density at radius 2 is 0.381 bits per heavy atom. The van der Waals surface area contributed by atoms with Crippen molar-refractivity contribution in [3.8, 4) is 0 Å². The van der Waals surface area contributed by atoms with E-state index in [9.17, 15) is 0 Å². The summed E-state index contributed by atoms with van der Waals surface area (Å²) >= 11 is 0. The lowest BCUT2D eigenvalue weighted by Crippen LogP contribution is -1.16. The van der Waals surface area contributed by atoms with Gasteiger partial charge in [-0.05, 0) is 0 Å². The van der Waals surface area contributed by atoms with Crippen molar-refractivity contribution in [2.45, 2.75) is 44.6 Å². The van der Waals surface area contributed by atoms with E-state index in [0.29, 0.717) is 0 Å². The van der Waals surface area contributed by atoms with E-state index in [1.54, 1.807) is 0 Å². The molecule has 0 aromatic rings. The van der Waals surface area contributed by atoms with Gasteiger partial charge in [0.15, 0.2) is 0 Å². The molecule has 0 amide bonds. The summed E-state index contributed by atoms with van der Waals surface area (Å²) in [6, 6.07) is 0. The van der Waals surface area contributed by atoms with Crippen LogP contribution >= 0.6 is 0 Å². The van der Waals surface area contributed by atoms with Gasteiger partial charge in [-0.25, -0.2) is 51.0 Å². The lowest BCUT2D eigenvalue weighted by Gasteiger charge is -1.02. The van der Waals surface area contributed by atoms with Crippen LogP contribution in [-0.2, 0) is 24.0 Å². The summed E-state index contributed by atoms with van der Waals surface area (Å²) in [5.41, 5.74) is 0. The molecule has 0 saturated heterocycles. The Morgan fingerprint density at radius 1 is 0.381 bits per heavy atom. The number of hydrogen-bond acceptors (Lipinski definition) is 10. The van der Waals surface area contributed by atoms with Crippen molar-refractivity contribution in [1.82, 2.24) is 0 Å². The molecule has 0 atom stereocenters. The van der Waals surface area contributed by atoms with Crippen LogP contribution in [0.25, 0.3) is 0 Å². The van der Waals surface area contributed by atoms with Gasteiger partial charge in [0.2, 0.25) is 30.4 Å². The Kier molecular flexibility index (Phi) is 6050. The maximum atomic E-state index is 8.35. The van der Waals surface area contributed by atoms with E-state index < -0.39 is 0 Å². The first-order valence-corrected chi connectivity index (χ1v) is 2.27. The summed E-state index contributed by atoms with van der Waals surface area (Å²) in [5, 5.41) is 27.0. The fraction of sp³-hybridized carbons (Fsp3) is 0.545. The maximum Gasteiger partial charge on any atom is 0.231 e. The molecule has 5 N–H and O–H groups in total. The molecule has 10 nitrogen and oxygen atoms in total. The van der Waals surface area contributed by atoms with Crippen LogP contribution in [-0.4, -0.2) is 30.4 Å². The average molecular weight is 313 g/mol. The fourth-order valence-corrected chi connectivity index (χ4v) is 0. The average Bonchev–Trinajstić information content (AvgIpc) is 2.09. The van der Waals surface area contributed by atoms with Crippen molar-refractivity contribution in [2.75, 3.05) is 0 Å². The zero-order valence-corrected chi connectivity index (χ0v) is 7.04. The van der Waals surface area contributed by atoms with Crippen LogP contribution in [0.2, 0.25) is 0 Å². The van der Waals surface area contributed by atoms with Gasteiger partial charge in [-0.1, -0.05) is 44.6 Å². The summed E-state index contributed by atoms with van der Waals surface area (Å²) in [5.74, 6) is 0. The Bertz CT molecular complexity index is 212. The number of nitrogens with one attached hydrogen (secondary N) is 5. The van der Waals surface area contributed by atoms with Crippen LogP contribution in [0, 0.1) is 27.0 Å². The SMILES string of the molecule is C.C.C.C.C.C.N=C=O.N=C=O.N=C=O.N=C=O.N=C=O.[2H]. The number of rotatable bonds is 0. The molecule has 0 aliphatic carbocycles. The smallest absolute Gasteiger partial charge is 0.222 e. The Labute approximate surface area is 128 Å². The molecule has 0 rings (SSSR count). The zero-order chi connectivity index (χ0) is 13.5. The first kappa shape index (κ1) is 107. The summed E-state index contributed by atoms with van der Waals surface area (Å²) < 4.78 is 0. The van der Waals surface area contributed by atoms with Gasteiger partial charge in [-0.15, -0.1) is 0 Å². The van der Waals surface area contributed by atoms with Crippen molar-refractivity contribution < 1.29 is 25.4 Å². The van der Waals surface area contributed by atoms with E-state index in [0.717, 1.165) is 30.4 Å². The minimum atomic E-state index is 0. The lowest BCUT2D eigenvalue weighted by atomic mass is 11.7. The third-order valence-electron chi connectivity index (χ3n) is 0. The molecule has 0 bridgehead atoms. The Hall–Kier alpha value is -3.10. The number of carbonyl (C=O) groups excluding carboxylic acids is 5. The van der Waals surface area contributed by atoms with Crippen LogP contribution in [0.4, 0.5) is 0 Å². The van der Waals surface area contributed by atoms with E-state index in [4.69, 9.17) is 51.0 Å². The molecular formula is C11H30N5O5. The number of hydrogen-bond donors (Lipinski definition) is 5. The van der Waals surface area contributed by atoms with Crippen LogP contribution in [0.1, 0.15) is 46.0 Å². The second-order valence-electron chi connectivity index (χ2n) is 0.510. The molecule has 0 aliphatic heterocycles. The van der Waals surface area contributed by atoms with Gasteiger partial charge in [0, 0.05) is 1.43 Å². The van der Waals surface area contributed by atoms with Gasteiger partial charge < -0.3 is 0 Å². The molecule has 0 aromatic carbocycles. The topological polar surface area (TPSA) is 205 Å². The van der Waals surface area contributed by atoms with E-state index in [1.165, 1.54) is 0 Å². The highest BCUT2D eigenvalue weighted by atomic mass is 16.1. The predicted octanol–water partition coefficient (Wildman–Crippen LogP) is 3.43. The Balaban J connectivity index is -0.00000000526. The molecular weight excluding hydrogens is 282 g/mol. The van der Waals surface area contributed by atoms with E-state index >= 15 is 0 Å². The molecule has 0 fully saturated rings. The molecule has 129 valence electrons. The predicted molar refractivity (Wildman–Crippen MR) is 83.6 cm³/mol. The third-order valence-corrected chi connectivity index (χ3v) is 0. The summed E-state index contributed by atoms with van der Waals surface area (Å²) in [7, 11) is 0. The van der Waals surface area contributed by atoms with Crippen molar-refractivity contribution >= 4 is 30.4 Å². The van der Waals surface area contributed by atoms with Gasteiger partial charge in [0.1, 0.15) is 0 Å². The maximum absolute atomic E-state index is 8.35. The van der Waals surface area contributed by atoms with E-state index in [-0.39, 0.29) is 46.0 Å². The van der Waals surface area contributed by atoms with Gasteiger partial charge in [0.05, 0.1) is 0 Å². The van der Waals surface area contributed by atoms with E-state index in [2.05, 4.69) is 0 Å². The van der Waals surface area contributed by atoms with Gasteiger partial charge in [-0.2, -0.15) is 0 Å². The van der Waals surface area contributed by atoms with Gasteiger partial charge >= 0.3 is 0 Å². The van der Waals surface area contributed by atoms with Crippen LogP contribution in [0.15, 0.2) is 0 Å². The molecule has 0 spiro atoms. The molecule has 0 aliphatic rings. The van der Waals surface area contributed by atoms with Crippen molar-refractivity contribution in [3.63, 3.8) is 0 Å². The monoisotopic (exact) mass is 313 g/mol. The summed E-state index contributed by atoms with van der Waals surface area (Å²) in [4.78, 5) is 41.7. The molecule has 21 heavy (non-hydrogen) atoms. The van der Waals surface area contributed by atoms with Crippen molar-refractivity contribution in [1.29, 1.82) is 27.0 Å². The minimum Gasteiger partial charge on any atom is -0.222 e. The minimum absolute atomic E-state index is 0. The van der Waals surface area contributed by atoms with Crippen molar-refractivity contribution in [3.05, 3.63) is 0 Å². The largest absolute Gasteiger partial charge is 0.231 e. The highest BCUT2D eigenvalue weighted by Crippen LogP contribution is 0.880. The Morgan fingerprint density at radius 3 is 0.381 bits per heavy atom. The molecule has 0 heterocycles. The quantitative estimate of drug-likeness (QED) is 0.335. The molecule has 0 unspecified atom stereocenters. The zero-order valence-electron chi connectivity index (χ0n) is 8.04. The van der Waals surface area contributed by atoms with Crippen LogP contribution in [0.5, 0.6) is 0 Å². The van der Waals surface area contributed by atoms with Crippen LogP contribution in [0.3, 0.4) is 0 Å². The first-order valence-electron chi connectivity index (χ1n) is 2.27. The first-order chi connectivity index (χ1) is 7.07. The highest BCUT2D eigenvalue weighted by Gasteiger charge is 1.04. The molecule has 10 heteroatoms. The molecule has 0 saturated carbocycles. The highest BCUT2D eigenvalue weighted by molar-refractivity contribution is 5.27. The van der Waals surface area contributed by atoms with Crippen LogP contribution < -0.4 is 0 Å². The third kappa shape index (κ3) is 390. The van der Waals surface area contributed by atoms with E-state index in [1.807, 2.05) is 0 Å². The second kappa shape index (κ2) is 1180. The second-order valence-corrected chi connectivity index (χ2v) is 0.510. The lowest BCUT2D eigenvalue weighted by molar-refractivity contribution is 0.562. The summed E-state index contributed by atoms with van der Waals surface area (Å²) in [6.45, 7) is 0. The van der Waals surface area contributed by atoms with Gasteiger partial charge in [0.25, 0.3) is 0 Å². The normalized spacial score (nSPS) is 1.90. The number of isocyanates is 5. The molecule has 1 radical (unpaired) electrons.